The molecule has 1 fully saturated rings. The van der Waals surface area contributed by atoms with E-state index in [4.69, 9.17) is 15.7 Å². The number of nitrogens with two attached hydrogens (primary N) is 1. The van der Waals surface area contributed by atoms with Gasteiger partial charge in [0.2, 0.25) is 0 Å². The molecule has 0 bridgehead atoms. The fourth-order valence-corrected chi connectivity index (χ4v) is 4.63. The summed E-state index contributed by atoms with van der Waals surface area (Å²) in [6.45, 7) is 2.04. The highest BCUT2D eigenvalue weighted by atomic mass is 35.5. The minimum absolute atomic E-state index is 0. The first-order valence-corrected chi connectivity index (χ1v) is 10.1. The summed E-state index contributed by atoms with van der Waals surface area (Å²) in [6, 6.07) is 0.156. The first kappa shape index (κ1) is 19.3. The van der Waals surface area contributed by atoms with E-state index in [1.165, 1.54) is 24.6 Å². The normalized spacial score (nSPS) is 32.8. The maximum absolute atomic E-state index is 12.0. The van der Waals surface area contributed by atoms with Crippen molar-refractivity contribution in [1.29, 1.82) is 0 Å². The van der Waals surface area contributed by atoms with Gasteiger partial charge in [-0.3, -0.25) is 9.79 Å². The van der Waals surface area contributed by atoms with Crippen LogP contribution in [0.25, 0.3) is 0 Å². The summed E-state index contributed by atoms with van der Waals surface area (Å²) >= 11 is 1.52. The summed E-state index contributed by atoms with van der Waals surface area (Å²) < 4.78 is 0. The fourth-order valence-electron chi connectivity index (χ4n) is 4.23. The zero-order valence-corrected chi connectivity index (χ0v) is 16.4. The van der Waals surface area contributed by atoms with Crippen LogP contribution in [0, 0.1) is 5.92 Å². The summed E-state index contributed by atoms with van der Waals surface area (Å²) in [4.78, 5) is 26.4. The van der Waals surface area contributed by atoms with Gasteiger partial charge in [-0.1, -0.05) is 24.3 Å². The largest absolute Gasteiger partial charge is 0.366 e. The van der Waals surface area contributed by atoms with Crippen molar-refractivity contribution < 1.29 is 4.79 Å². The molecule has 0 aromatic carbocycles. The van der Waals surface area contributed by atoms with Crippen molar-refractivity contribution in [3.8, 4) is 0 Å². The average molecular weight is 394 g/mol. The lowest BCUT2D eigenvalue weighted by atomic mass is 9.75. The highest BCUT2D eigenvalue weighted by Gasteiger charge is 2.51. The van der Waals surface area contributed by atoms with E-state index in [-0.39, 0.29) is 18.4 Å². The zero-order valence-electron chi connectivity index (χ0n) is 14.8. The molecule has 1 saturated heterocycles. The first-order valence-electron chi connectivity index (χ1n) is 8.83. The van der Waals surface area contributed by atoms with Gasteiger partial charge in [0, 0.05) is 18.2 Å². The minimum atomic E-state index is -0.587. The molecule has 6 nitrogen and oxygen atoms in total. The molecule has 140 valence electrons. The molecule has 1 aliphatic carbocycles. The van der Waals surface area contributed by atoms with Crippen LogP contribution < -0.4 is 11.1 Å². The van der Waals surface area contributed by atoms with E-state index in [0.717, 1.165) is 42.4 Å². The molecule has 1 amide bonds. The van der Waals surface area contributed by atoms with Gasteiger partial charge in [-0.05, 0) is 44.2 Å². The van der Waals surface area contributed by atoms with Gasteiger partial charge in [-0.15, -0.1) is 12.4 Å². The topological polar surface area (TPSA) is 92.2 Å². The summed E-state index contributed by atoms with van der Waals surface area (Å²) in [5.74, 6) is 0.0358. The maximum Gasteiger partial charge on any atom is 0.250 e. The Labute approximate surface area is 164 Å². The number of rotatable bonds is 2. The number of aliphatic imine (C=N–C) groups is 3. The summed E-state index contributed by atoms with van der Waals surface area (Å²) in [6.07, 6.45) is 11.9. The molecule has 4 aliphatic rings. The van der Waals surface area contributed by atoms with Crippen LogP contribution >= 0.6 is 24.2 Å². The maximum atomic E-state index is 12.0. The highest BCUT2D eigenvalue weighted by Crippen LogP contribution is 2.44. The molecule has 3 heterocycles. The Bertz CT molecular complexity index is 749. The van der Waals surface area contributed by atoms with E-state index in [1.807, 2.05) is 18.5 Å². The van der Waals surface area contributed by atoms with Crippen LogP contribution in [0.1, 0.15) is 25.7 Å². The lowest BCUT2D eigenvalue weighted by Crippen LogP contribution is -2.45. The zero-order chi connectivity index (χ0) is 17.4. The van der Waals surface area contributed by atoms with Crippen molar-refractivity contribution in [2.75, 3.05) is 19.3 Å². The number of nitrogens with zero attached hydrogens (tertiary/aromatic N) is 3. The standard InChI is InChI=1S/C18H23N5OS.ClH/c1-25-17-21-10-12-5-6-13(16(19)24)15-18(12,23-17)8-14(22-15)11-4-2-3-7-20-9-11;/h5-6,10-11,14,20H,2-4,7-9H2,1H3,(H2,19,24);1H. The quantitative estimate of drug-likeness (QED) is 0.750. The molecule has 1 spiro atoms. The van der Waals surface area contributed by atoms with Crippen LogP contribution in [0.15, 0.2) is 38.3 Å². The molecule has 3 atom stereocenters. The van der Waals surface area contributed by atoms with Gasteiger partial charge >= 0.3 is 0 Å². The van der Waals surface area contributed by atoms with Crippen LogP contribution in [0.5, 0.6) is 0 Å². The predicted octanol–water partition coefficient (Wildman–Crippen LogP) is 1.91. The molecule has 0 aromatic heterocycles. The number of carbonyl (C=O) groups is 1. The molecule has 3 unspecified atom stereocenters. The lowest BCUT2D eigenvalue weighted by molar-refractivity contribution is -0.114. The van der Waals surface area contributed by atoms with Crippen molar-refractivity contribution in [2.24, 2.45) is 26.6 Å². The number of hydrogen-bond donors (Lipinski definition) is 2. The Morgan fingerprint density at radius 1 is 1.38 bits per heavy atom. The fraction of sp³-hybridized carbons (Fsp3) is 0.556. The molecule has 26 heavy (non-hydrogen) atoms. The Kier molecular flexibility index (Phi) is 5.69. The van der Waals surface area contributed by atoms with E-state index in [1.54, 1.807) is 6.08 Å². The lowest BCUT2D eigenvalue weighted by Gasteiger charge is -2.34. The van der Waals surface area contributed by atoms with Crippen molar-refractivity contribution in [3.63, 3.8) is 0 Å². The van der Waals surface area contributed by atoms with E-state index in [2.05, 4.69) is 10.3 Å². The molecule has 8 heteroatoms. The van der Waals surface area contributed by atoms with Crippen LogP contribution in [-0.4, -0.2) is 53.9 Å². The summed E-state index contributed by atoms with van der Waals surface area (Å²) in [5.41, 5.74) is 7.30. The van der Waals surface area contributed by atoms with Crippen LogP contribution in [0.2, 0.25) is 0 Å². The third-order valence-corrected chi connectivity index (χ3v) is 6.09. The van der Waals surface area contributed by atoms with Crippen molar-refractivity contribution in [3.05, 3.63) is 23.3 Å². The Hall–Kier alpha value is -1.44. The highest BCUT2D eigenvalue weighted by molar-refractivity contribution is 8.13. The van der Waals surface area contributed by atoms with Crippen LogP contribution in [0.4, 0.5) is 0 Å². The van der Waals surface area contributed by atoms with Crippen LogP contribution in [0.3, 0.4) is 0 Å². The molecular formula is C18H24ClN5OS. The Balaban J connectivity index is 0.00000196. The number of amides is 1. The monoisotopic (exact) mass is 393 g/mol. The van der Waals surface area contributed by atoms with E-state index in [9.17, 15) is 4.79 Å². The third kappa shape index (κ3) is 3.17. The molecule has 0 radical (unpaired) electrons. The molecule has 3 aliphatic heterocycles. The number of primary amides is 1. The van der Waals surface area contributed by atoms with Crippen LogP contribution in [-0.2, 0) is 4.79 Å². The second-order valence-electron chi connectivity index (χ2n) is 6.99. The van der Waals surface area contributed by atoms with Gasteiger partial charge in [0.15, 0.2) is 5.17 Å². The SMILES string of the molecule is CSC1=NC23CC(C4CCCCNC4)N=C2C(C(N)=O)=CC=C3C=N1.Cl. The van der Waals surface area contributed by atoms with Gasteiger partial charge in [-0.25, -0.2) is 9.98 Å². The molecular weight excluding hydrogens is 370 g/mol. The Morgan fingerprint density at radius 3 is 3.00 bits per heavy atom. The first-order chi connectivity index (χ1) is 12.1. The van der Waals surface area contributed by atoms with E-state index in [0.29, 0.717) is 11.5 Å². The van der Waals surface area contributed by atoms with Crippen molar-refractivity contribution in [2.45, 2.75) is 37.3 Å². The van der Waals surface area contributed by atoms with Gasteiger partial charge in [0.25, 0.3) is 5.91 Å². The molecule has 0 saturated carbocycles. The van der Waals surface area contributed by atoms with Crippen molar-refractivity contribution in [1.82, 2.24) is 5.32 Å². The molecule has 3 N–H and O–H groups in total. The second-order valence-corrected chi connectivity index (χ2v) is 7.77. The number of nitrogens with one attached hydrogen (secondary N) is 1. The van der Waals surface area contributed by atoms with Gasteiger partial charge in [-0.2, -0.15) is 0 Å². The summed E-state index contributed by atoms with van der Waals surface area (Å²) in [7, 11) is 0. The number of carbonyl (C=O) groups excluding carboxylic acids is 1. The second kappa shape index (κ2) is 7.66. The number of allylic oxidation sites excluding steroid dienone is 2. The Morgan fingerprint density at radius 2 is 2.23 bits per heavy atom. The van der Waals surface area contributed by atoms with Gasteiger partial charge < -0.3 is 11.1 Å². The van der Waals surface area contributed by atoms with Gasteiger partial charge in [0.05, 0.1) is 17.3 Å². The number of hydrogen-bond acceptors (Lipinski definition) is 6. The van der Waals surface area contributed by atoms with E-state index >= 15 is 0 Å². The number of halogens is 1. The minimum Gasteiger partial charge on any atom is -0.366 e. The van der Waals surface area contributed by atoms with E-state index < -0.39 is 11.4 Å². The smallest absolute Gasteiger partial charge is 0.250 e. The predicted molar refractivity (Wildman–Crippen MR) is 111 cm³/mol. The number of amidine groups is 1. The number of thioether (sulfide) groups is 1. The average Bonchev–Trinajstić information content (AvgIpc) is 2.80. The molecule has 0 aromatic rings. The third-order valence-electron chi connectivity index (χ3n) is 5.53. The van der Waals surface area contributed by atoms with Gasteiger partial charge in [0.1, 0.15) is 5.54 Å². The summed E-state index contributed by atoms with van der Waals surface area (Å²) in [5, 5.41) is 4.25. The van der Waals surface area contributed by atoms with Crippen molar-refractivity contribution >= 4 is 47.2 Å². The molecule has 4 rings (SSSR count).